The van der Waals surface area contributed by atoms with Crippen molar-refractivity contribution >= 4 is 5.82 Å². The Morgan fingerprint density at radius 2 is 2.18 bits per heavy atom. The summed E-state index contributed by atoms with van der Waals surface area (Å²) in [5.74, 6) is 0.606. The number of aromatic nitrogens is 1. The summed E-state index contributed by atoms with van der Waals surface area (Å²) in [5.41, 5.74) is 0. The minimum absolute atomic E-state index is 0.208. The average Bonchev–Trinajstić information content (AvgIpc) is 2.37. The number of aliphatic hydroxyl groups excluding tert-OH is 3. The molecule has 0 spiro atoms. The first-order valence-corrected chi connectivity index (χ1v) is 5.48. The molecule has 0 amide bonds. The third-order valence-corrected chi connectivity index (χ3v) is 2.81. The van der Waals surface area contributed by atoms with Crippen LogP contribution < -0.4 is 5.32 Å². The summed E-state index contributed by atoms with van der Waals surface area (Å²) in [6, 6.07) is 4.92. The van der Waals surface area contributed by atoms with Crippen LogP contribution in [0.3, 0.4) is 0 Å². The number of ether oxygens (including phenoxy) is 1. The maximum absolute atomic E-state index is 9.87. The van der Waals surface area contributed by atoms with Crippen LogP contribution in [-0.4, -0.2) is 57.9 Å². The van der Waals surface area contributed by atoms with Crippen LogP contribution in [-0.2, 0) is 4.74 Å². The Kier molecular flexibility index (Phi) is 3.90. The van der Waals surface area contributed by atoms with E-state index in [-0.39, 0.29) is 13.2 Å². The van der Waals surface area contributed by atoms with Gasteiger partial charge < -0.3 is 25.4 Å². The van der Waals surface area contributed by atoms with Crippen LogP contribution in [0.1, 0.15) is 0 Å². The Morgan fingerprint density at radius 1 is 1.35 bits per heavy atom. The summed E-state index contributed by atoms with van der Waals surface area (Å²) in [5, 5.41) is 31.5. The van der Waals surface area contributed by atoms with Gasteiger partial charge in [-0.05, 0) is 12.1 Å². The van der Waals surface area contributed by atoms with Crippen LogP contribution in [0.2, 0.25) is 0 Å². The van der Waals surface area contributed by atoms with Gasteiger partial charge in [-0.25, -0.2) is 4.98 Å². The van der Waals surface area contributed by atoms with Gasteiger partial charge in [0, 0.05) is 6.20 Å². The quantitative estimate of drug-likeness (QED) is 0.540. The van der Waals surface area contributed by atoms with E-state index in [1.807, 2.05) is 6.07 Å². The van der Waals surface area contributed by atoms with Gasteiger partial charge in [0.15, 0.2) is 0 Å². The summed E-state index contributed by atoms with van der Waals surface area (Å²) in [7, 11) is 0. The lowest BCUT2D eigenvalue weighted by atomic mass is 9.98. The molecule has 17 heavy (non-hydrogen) atoms. The van der Waals surface area contributed by atoms with Gasteiger partial charge in [0.2, 0.25) is 0 Å². The van der Waals surface area contributed by atoms with E-state index in [1.54, 1.807) is 18.3 Å². The van der Waals surface area contributed by atoms with E-state index in [0.29, 0.717) is 5.82 Å². The van der Waals surface area contributed by atoms with Crippen LogP contribution in [0, 0.1) is 0 Å². The normalized spacial score (nSPS) is 33.4. The zero-order valence-electron chi connectivity index (χ0n) is 9.23. The van der Waals surface area contributed by atoms with E-state index in [2.05, 4.69) is 10.3 Å². The average molecular weight is 240 g/mol. The number of hydrogen-bond donors (Lipinski definition) is 4. The Bertz CT molecular complexity index is 349. The fourth-order valence-electron chi connectivity index (χ4n) is 1.81. The zero-order chi connectivity index (χ0) is 12.3. The summed E-state index contributed by atoms with van der Waals surface area (Å²) in [4.78, 5) is 4.06. The highest BCUT2D eigenvalue weighted by Gasteiger charge is 2.38. The zero-order valence-corrected chi connectivity index (χ0v) is 9.23. The molecule has 6 heteroatoms. The van der Waals surface area contributed by atoms with Gasteiger partial charge in [-0.15, -0.1) is 0 Å². The third-order valence-electron chi connectivity index (χ3n) is 2.81. The molecular weight excluding hydrogens is 224 g/mol. The molecular formula is C11H16N2O4. The molecule has 4 atom stereocenters. The molecule has 0 aliphatic carbocycles. The topological polar surface area (TPSA) is 94.8 Å². The number of aliphatic hydroxyl groups is 3. The van der Waals surface area contributed by atoms with E-state index in [1.165, 1.54) is 0 Å². The molecule has 0 bridgehead atoms. The highest BCUT2D eigenvalue weighted by Crippen LogP contribution is 2.18. The summed E-state index contributed by atoms with van der Waals surface area (Å²) >= 11 is 0. The third kappa shape index (κ3) is 2.73. The minimum atomic E-state index is -1.10. The molecule has 1 aliphatic heterocycles. The van der Waals surface area contributed by atoms with Crippen LogP contribution >= 0.6 is 0 Å². The molecule has 1 aromatic rings. The van der Waals surface area contributed by atoms with E-state index in [9.17, 15) is 10.2 Å². The number of rotatable bonds is 3. The van der Waals surface area contributed by atoms with E-state index in [4.69, 9.17) is 9.84 Å². The fraction of sp³-hybridized carbons (Fsp3) is 0.545. The van der Waals surface area contributed by atoms with Gasteiger partial charge in [0.25, 0.3) is 0 Å². The predicted molar refractivity (Wildman–Crippen MR) is 60.5 cm³/mol. The maximum Gasteiger partial charge on any atom is 0.126 e. The summed E-state index contributed by atoms with van der Waals surface area (Å²) in [6.07, 6.45) is -1.20. The van der Waals surface area contributed by atoms with E-state index >= 15 is 0 Å². The van der Waals surface area contributed by atoms with Crippen molar-refractivity contribution in [1.29, 1.82) is 0 Å². The number of anilines is 1. The van der Waals surface area contributed by atoms with Crippen molar-refractivity contribution in [3.8, 4) is 0 Å². The predicted octanol–water partition coefficient (Wildman–Crippen LogP) is -1.03. The van der Waals surface area contributed by atoms with Gasteiger partial charge >= 0.3 is 0 Å². The first-order valence-electron chi connectivity index (χ1n) is 5.48. The molecule has 6 nitrogen and oxygen atoms in total. The van der Waals surface area contributed by atoms with Crippen molar-refractivity contribution in [2.24, 2.45) is 0 Å². The molecule has 0 saturated carbocycles. The second-order valence-electron chi connectivity index (χ2n) is 4.00. The van der Waals surface area contributed by atoms with E-state index < -0.39 is 24.4 Å². The van der Waals surface area contributed by atoms with Crippen molar-refractivity contribution < 1.29 is 20.1 Å². The van der Waals surface area contributed by atoms with E-state index in [0.717, 1.165) is 0 Å². The summed E-state index contributed by atoms with van der Waals surface area (Å²) < 4.78 is 5.24. The fourth-order valence-corrected chi connectivity index (χ4v) is 1.81. The Hall–Kier alpha value is -1.21. The van der Waals surface area contributed by atoms with Crippen LogP contribution in [0.5, 0.6) is 0 Å². The second kappa shape index (κ2) is 5.42. The molecule has 94 valence electrons. The Morgan fingerprint density at radius 3 is 2.82 bits per heavy atom. The lowest BCUT2D eigenvalue weighted by Crippen LogP contribution is -2.56. The molecule has 0 aromatic carbocycles. The molecule has 1 aliphatic rings. The molecule has 2 rings (SSSR count). The van der Waals surface area contributed by atoms with Crippen molar-refractivity contribution in [1.82, 2.24) is 4.98 Å². The number of hydrogen-bond acceptors (Lipinski definition) is 6. The maximum atomic E-state index is 9.87. The highest BCUT2D eigenvalue weighted by atomic mass is 16.5. The van der Waals surface area contributed by atoms with Crippen molar-refractivity contribution in [3.63, 3.8) is 0 Å². The van der Waals surface area contributed by atoms with Crippen molar-refractivity contribution in [2.45, 2.75) is 24.4 Å². The molecule has 2 heterocycles. The van der Waals surface area contributed by atoms with Gasteiger partial charge in [0.05, 0.1) is 19.3 Å². The lowest BCUT2D eigenvalue weighted by Gasteiger charge is -2.37. The number of pyridine rings is 1. The van der Waals surface area contributed by atoms with Crippen LogP contribution in [0.4, 0.5) is 5.82 Å². The monoisotopic (exact) mass is 240 g/mol. The van der Waals surface area contributed by atoms with Crippen molar-refractivity contribution in [3.05, 3.63) is 24.4 Å². The van der Waals surface area contributed by atoms with Crippen molar-refractivity contribution in [2.75, 3.05) is 18.5 Å². The Balaban J connectivity index is 1.99. The molecule has 1 saturated heterocycles. The minimum Gasteiger partial charge on any atom is -0.394 e. The highest BCUT2D eigenvalue weighted by molar-refractivity contribution is 5.35. The standard InChI is InChI=1S/C11H16N2O4/c14-5-8-11(16)10(15)7(6-17-8)13-9-3-1-2-4-12-9/h1-4,7-8,10-11,14-16H,5-6H2,(H,12,13)/t7-,8-,10-,11+/m1/s1. The first kappa shape index (κ1) is 12.3. The van der Waals surface area contributed by atoms with Gasteiger partial charge in [-0.2, -0.15) is 0 Å². The molecule has 1 fully saturated rings. The molecule has 0 radical (unpaired) electrons. The lowest BCUT2D eigenvalue weighted by molar-refractivity contribution is -0.152. The molecule has 0 unspecified atom stereocenters. The largest absolute Gasteiger partial charge is 0.394 e. The number of nitrogens with one attached hydrogen (secondary N) is 1. The van der Waals surface area contributed by atoms with Gasteiger partial charge in [-0.1, -0.05) is 6.07 Å². The number of nitrogens with zero attached hydrogens (tertiary/aromatic N) is 1. The second-order valence-corrected chi connectivity index (χ2v) is 4.00. The summed E-state index contributed by atoms with van der Waals surface area (Å²) in [6.45, 7) is -0.103. The molecule has 1 aromatic heterocycles. The van der Waals surface area contributed by atoms with Gasteiger partial charge in [0.1, 0.15) is 24.1 Å². The first-order chi connectivity index (χ1) is 8.22. The smallest absolute Gasteiger partial charge is 0.126 e. The van der Waals surface area contributed by atoms with Crippen LogP contribution in [0.25, 0.3) is 0 Å². The van der Waals surface area contributed by atoms with Crippen LogP contribution in [0.15, 0.2) is 24.4 Å². The molecule has 4 N–H and O–H groups in total. The Labute approximate surface area is 98.9 Å². The van der Waals surface area contributed by atoms with Gasteiger partial charge in [-0.3, -0.25) is 0 Å². The SMILES string of the molecule is OC[C@H]1OC[C@@H](Nc2ccccn2)[C@@H](O)[C@H]1O.